The topological polar surface area (TPSA) is 192 Å². The Hall–Kier alpha value is -2.48. The van der Waals surface area contributed by atoms with Gasteiger partial charge in [-0.25, -0.2) is 4.57 Å². The van der Waals surface area contributed by atoms with Crippen molar-refractivity contribution in [3.8, 4) is 0 Å². The first-order valence-electron chi connectivity index (χ1n) is 26.4. The van der Waals surface area contributed by atoms with Crippen LogP contribution in [0.3, 0.4) is 0 Å². The van der Waals surface area contributed by atoms with Gasteiger partial charge in [0.2, 0.25) is 0 Å². The number of aliphatic hydroxyl groups excluding tert-OH is 5. The van der Waals surface area contributed by atoms with Crippen LogP contribution in [0.2, 0.25) is 0 Å². The number of phosphoric acid groups is 1. The van der Waals surface area contributed by atoms with E-state index in [1.807, 2.05) is 0 Å². The molecule has 0 radical (unpaired) electrons. The zero-order valence-electron chi connectivity index (χ0n) is 42.1. The van der Waals surface area contributed by atoms with Crippen molar-refractivity contribution in [2.24, 2.45) is 0 Å². The second-order valence-electron chi connectivity index (χ2n) is 18.0. The molecule has 0 saturated heterocycles. The van der Waals surface area contributed by atoms with Crippen LogP contribution in [0.5, 0.6) is 0 Å². The number of esters is 1. The first kappa shape index (κ1) is 63.5. The fraction of sp³-hybridized carbons (Fsp3) is 0.727. The highest BCUT2D eigenvalue weighted by molar-refractivity contribution is 7.47. The molecule has 1 fully saturated rings. The molecule has 68 heavy (non-hydrogen) atoms. The molecule has 0 bridgehead atoms. The fourth-order valence-electron chi connectivity index (χ4n) is 7.59. The zero-order chi connectivity index (χ0) is 49.8. The van der Waals surface area contributed by atoms with E-state index in [1.54, 1.807) is 0 Å². The van der Waals surface area contributed by atoms with Gasteiger partial charge in [-0.2, -0.15) is 0 Å². The van der Waals surface area contributed by atoms with Crippen LogP contribution < -0.4 is 0 Å². The van der Waals surface area contributed by atoms with Crippen LogP contribution in [0.25, 0.3) is 0 Å². The predicted octanol–water partition coefficient (Wildman–Crippen LogP) is 12.1. The maximum Gasteiger partial charge on any atom is 0.472 e. The van der Waals surface area contributed by atoms with Crippen molar-refractivity contribution >= 4 is 13.8 Å². The molecule has 6 unspecified atom stereocenters. The Morgan fingerprint density at radius 2 is 0.868 bits per heavy atom. The van der Waals surface area contributed by atoms with Crippen LogP contribution >= 0.6 is 7.82 Å². The molecule has 0 aromatic rings. The van der Waals surface area contributed by atoms with Gasteiger partial charge in [-0.1, -0.05) is 182 Å². The van der Waals surface area contributed by atoms with Gasteiger partial charge in [0.15, 0.2) is 0 Å². The van der Waals surface area contributed by atoms with E-state index in [9.17, 15) is 39.8 Å². The molecular formula is C55H95O12P. The number of ether oxygens (including phenoxy) is 2. The van der Waals surface area contributed by atoms with Crippen molar-refractivity contribution in [2.45, 2.75) is 236 Å². The molecular weight excluding hydrogens is 884 g/mol. The Morgan fingerprint density at radius 1 is 0.485 bits per heavy atom. The highest BCUT2D eigenvalue weighted by Gasteiger charge is 2.51. The number of unbranched alkanes of at least 4 members (excludes halogenated alkanes) is 18. The molecule has 392 valence electrons. The summed E-state index contributed by atoms with van der Waals surface area (Å²) in [5.74, 6) is -0.497. The quantitative estimate of drug-likeness (QED) is 0.0147. The first-order chi connectivity index (χ1) is 33.0. The van der Waals surface area contributed by atoms with Crippen LogP contribution in [0.15, 0.2) is 85.1 Å². The van der Waals surface area contributed by atoms with Gasteiger partial charge in [-0.15, -0.1) is 0 Å². The molecule has 0 heterocycles. The normalized spacial score (nSPS) is 21.8. The van der Waals surface area contributed by atoms with Gasteiger partial charge in [0.25, 0.3) is 0 Å². The number of carbonyl (C=O) groups excluding carboxylic acids is 1. The summed E-state index contributed by atoms with van der Waals surface area (Å²) in [7, 11) is -5.04. The summed E-state index contributed by atoms with van der Waals surface area (Å²) in [6.45, 7) is 4.10. The van der Waals surface area contributed by atoms with Crippen molar-refractivity contribution in [3.63, 3.8) is 0 Å². The maximum absolute atomic E-state index is 12.9. The smallest absolute Gasteiger partial charge is 0.457 e. The summed E-state index contributed by atoms with van der Waals surface area (Å²) in [5.41, 5.74) is 0. The lowest BCUT2D eigenvalue weighted by Crippen LogP contribution is -2.64. The van der Waals surface area contributed by atoms with Gasteiger partial charge >= 0.3 is 13.8 Å². The van der Waals surface area contributed by atoms with Crippen LogP contribution in [-0.4, -0.2) is 98.9 Å². The molecule has 12 nitrogen and oxygen atoms in total. The van der Waals surface area contributed by atoms with E-state index in [4.69, 9.17) is 18.5 Å². The minimum Gasteiger partial charge on any atom is -0.457 e. The Labute approximate surface area is 412 Å². The predicted molar refractivity (Wildman–Crippen MR) is 276 cm³/mol. The van der Waals surface area contributed by atoms with Gasteiger partial charge in [0.05, 0.1) is 13.2 Å². The Kier molecular flexibility index (Phi) is 41.5. The summed E-state index contributed by atoms with van der Waals surface area (Å²) >= 11 is 0. The van der Waals surface area contributed by atoms with Crippen molar-refractivity contribution in [2.75, 3.05) is 19.8 Å². The second kappa shape index (κ2) is 44.5. The largest absolute Gasteiger partial charge is 0.472 e. The lowest BCUT2D eigenvalue weighted by molar-refractivity contribution is -0.220. The lowest BCUT2D eigenvalue weighted by atomic mass is 9.85. The van der Waals surface area contributed by atoms with Crippen LogP contribution in [0, 0.1) is 0 Å². The highest BCUT2D eigenvalue weighted by Crippen LogP contribution is 2.47. The summed E-state index contributed by atoms with van der Waals surface area (Å²) in [4.78, 5) is 23.3. The maximum atomic E-state index is 12.9. The average molecular weight is 979 g/mol. The molecule has 1 rings (SSSR count). The minimum atomic E-state index is -5.04. The van der Waals surface area contributed by atoms with Crippen LogP contribution in [0.4, 0.5) is 0 Å². The van der Waals surface area contributed by atoms with E-state index in [0.29, 0.717) is 13.0 Å². The average Bonchev–Trinajstić information content (AvgIpc) is 3.32. The lowest BCUT2D eigenvalue weighted by Gasteiger charge is -2.41. The molecule has 1 saturated carbocycles. The third-order valence-corrected chi connectivity index (χ3v) is 12.7. The molecule has 6 atom stereocenters. The van der Waals surface area contributed by atoms with Gasteiger partial charge in [0, 0.05) is 13.0 Å². The van der Waals surface area contributed by atoms with E-state index >= 15 is 0 Å². The highest BCUT2D eigenvalue weighted by atomic mass is 31.2. The van der Waals surface area contributed by atoms with Crippen molar-refractivity contribution < 1.29 is 58.3 Å². The summed E-state index contributed by atoms with van der Waals surface area (Å²) in [6.07, 6.45) is 47.8. The van der Waals surface area contributed by atoms with Gasteiger partial charge < -0.3 is 39.9 Å². The molecule has 6 N–H and O–H groups in total. The molecule has 0 spiro atoms. The third-order valence-electron chi connectivity index (χ3n) is 11.8. The summed E-state index contributed by atoms with van der Waals surface area (Å²) in [5, 5.41) is 50.3. The zero-order valence-corrected chi connectivity index (χ0v) is 43.0. The van der Waals surface area contributed by atoms with Crippen molar-refractivity contribution in [1.82, 2.24) is 0 Å². The third kappa shape index (κ3) is 35.6. The molecule has 1 aliphatic rings. The van der Waals surface area contributed by atoms with E-state index < -0.39 is 63.1 Å². The number of carbonyl (C=O) groups is 1. The second-order valence-corrected chi connectivity index (χ2v) is 19.4. The monoisotopic (exact) mass is 979 g/mol. The Balaban J connectivity index is 2.36. The number of aliphatic hydroxyl groups is 5. The molecule has 0 aromatic heterocycles. The number of rotatable bonds is 44. The minimum absolute atomic E-state index is 0.0943. The molecule has 1 aliphatic carbocycles. The first-order valence-corrected chi connectivity index (χ1v) is 27.9. The standard InChI is InChI=1S/C55H95O12P/c1-3-5-7-9-11-13-15-17-19-21-23-24-25-27-29-31-33-35-37-39-41-43-45-64-46-48(47-65-68(62,63)67-55-53(60)51(58)50(57)52(59)54(55)61)66-49(56)44-42-40-38-36-34-32-30-28-26-22-20-18-16-14-12-10-8-6-4-2/h6,8,12,14-15,17-18,20-21,23,25-28,48,50-55,57-61H,3-5,7,9-11,13,16,19,22,24,29-47H2,1-2H3,(H,62,63)/b8-6-,14-12-,17-15-,20-18-,23-21-,27-25-,28-26-. The SMILES string of the molecule is CC/C=C\C/C=C\C/C=C\C/C=C\CCCCCCCCC(=O)OC(COCCCCCCCCC/C=C\C/C=C\C/C=C\CCCCCCC)COP(=O)(O)OC1C(O)C(O)C(O)C(O)C1O. The van der Waals surface area contributed by atoms with E-state index in [1.165, 1.54) is 57.8 Å². The Morgan fingerprint density at radius 3 is 1.32 bits per heavy atom. The number of allylic oxidation sites excluding steroid dienone is 14. The van der Waals surface area contributed by atoms with Gasteiger partial charge in [-0.05, 0) is 89.9 Å². The van der Waals surface area contributed by atoms with Crippen molar-refractivity contribution in [1.29, 1.82) is 0 Å². The van der Waals surface area contributed by atoms with Gasteiger partial charge in [-0.3, -0.25) is 13.8 Å². The Bertz CT molecular complexity index is 1440. The summed E-state index contributed by atoms with van der Waals surface area (Å²) in [6, 6.07) is 0. The fourth-order valence-corrected chi connectivity index (χ4v) is 8.56. The van der Waals surface area contributed by atoms with E-state index in [-0.39, 0.29) is 13.0 Å². The van der Waals surface area contributed by atoms with E-state index in [0.717, 1.165) is 109 Å². The summed E-state index contributed by atoms with van der Waals surface area (Å²) < 4.78 is 34.3. The number of hydrogen-bond donors (Lipinski definition) is 6. The number of hydrogen-bond acceptors (Lipinski definition) is 11. The molecule has 0 amide bonds. The molecule has 0 aromatic carbocycles. The van der Waals surface area contributed by atoms with Gasteiger partial charge in [0.1, 0.15) is 42.7 Å². The van der Waals surface area contributed by atoms with Crippen LogP contribution in [-0.2, 0) is 27.9 Å². The molecule has 13 heteroatoms. The van der Waals surface area contributed by atoms with Crippen molar-refractivity contribution in [3.05, 3.63) is 85.1 Å². The number of phosphoric ester groups is 1. The van der Waals surface area contributed by atoms with E-state index in [2.05, 4.69) is 98.9 Å². The molecule has 0 aliphatic heterocycles. The van der Waals surface area contributed by atoms with Crippen LogP contribution in [0.1, 0.15) is 194 Å².